The van der Waals surface area contributed by atoms with Gasteiger partial charge in [-0.15, -0.1) is 11.3 Å². The van der Waals surface area contributed by atoms with Gasteiger partial charge in [-0.25, -0.2) is 4.79 Å². The topological polar surface area (TPSA) is 113 Å². The lowest BCUT2D eigenvalue weighted by molar-refractivity contribution is -0.121. The minimum Gasteiger partial charge on any atom is -0.459 e. The van der Waals surface area contributed by atoms with Crippen molar-refractivity contribution in [3.63, 3.8) is 0 Å². The fraction of sp³-hybridized carbons (Fsp3) is 0.182. The second-order valence-corrected chi connectivity index (χ2v) is 8.05. The number of carbonyl (C=O) groups excluding carboxylic acids is 3. The van der Waals surface area contributed by atoms with Crippen LogP contribution in [0, 0.1) is 18.3 Å². The van der Waals surface area contributed by atoms with E-state index in [4.69, 9.17) is 26.0 Å². The zero-order valence-electron chi connectivity index (χ0n) is 17.0. The number of halogens is 1. The van der Waals surface area contributed by atoms with Crippen LogP contribution >= 0.6 is 22.9 Å². The Hall–Kier alpha value is -3.61. The number of ether oxygens (including phenoxy) is 1. The number of nitrogens with zero attached hydrogens (tertiary/aromatic N) is 2. The highest BCUT2D eigenvalue weighted by Gasteiger charge is 2.21. The van der Waals surface area contributed by atoms with Crippen LogP contribution in [0.25, 0.3) is 0 Å². The Morgan fingerprint density at radius 1 is 1.25 bits per heavy atom. The summed E-state index contributed by atoms with van der Waals surface area (Å²) in [6.07, 6.45) is 1.49. The van der Waals surface area contributed by atoms with Crippen molar-refractivity contribution in [3.05, 3.63) is 70.0 Å². The Balaban J connectivity index is 1.65. The van der Waals surface area contributed by atoms with Crippen molar-refractivity contribution < 1.29 is 23.5 Å². The summed E-state index contributed by atoms with van der Waals surface area (Å²) in [4.78, 5) is 38.9. The van der Waals surface area contributed by atoms with Crippen LogP contribution < -0.4 is 10.2 Å². The van der Waals surface area contributed by atoms with Gasteiger partial charge in [0.1, 0.15) is 4.88 Å². The molecule has 1 aromatic carbocycles. The highest BCUT2D eigenvalue weighted by atomic mass is 35.5. The molecular weight excluding hydrogens is 454 g/mol. The largest absolute Gasteiger partial charge is 0.459 e. The van der Waals surface area contributed by atoms with E-state index in [0.717, 1.165) is 11.3 Å². The van der Waals surface area contributed by atoms with E-state index in [1.807, 2.05) is 6.07 Å². The average Bonchev–Trinajstić information content (AvgIpc) is 3.42. The third-order valence-electron chi connectivity index (χ3n) is 4.28. The van der Waals surface area contributed by atoms with E-state index < -0.39 is 24.4 Å². The van der Waals surface area contributed by atoms with Gasteiger partial charge in [0.2, 0.25) is 0 Å². The SMILES string of the molecule is Cc1cc(NC(=O)c2ccco2)sc1C(=O)OCC(=O)N(CCC#N)c1cccc(Cl)c1. The lowest BCUT2D eigenvalue weighted by Crippen LogP contribution is -2.35. The van der Waals surface area contributed by atoms with Crippen LogP contribution in [0.2, 0.25) is 5.02 Å². The Morgan fingerprint density at radius 3 is 2.75 bits per heavy atom. The molecule has 0 atom stereocenters. The summed E-state index contributed by atoms with van der Waals surface area (Å²) >= 11 is 7.03. The Kier molecular flexibility index (Phi) is 7.65. The van der Waals surface area contributed by atoms with Crippen LogP contribution in [-0.2, 0) is 9.53 Å². The third-order valence-corrected chi connectivity index (χ3v) is 5.65. The van der Waals surface area contributed by atoms with Gasteiger partial charge in [0.15, 0.2) is 12.4 Å². The molecule has 0 aliphatic carbocycles. The smallest absolute Gasteiger partial charge is 0.349 e. The molecule has 0 radical (unpaired) electrons. The molecule has 0 bridgehead atoms. The summed E-state index contributed by atoms with van der Waals surface area (Å²) in [5, 5.41) is 12.4. The van der Waals surface area contributed by atoms with E-state index in [2.05, 4.69) is 5.32 Å². The van der Waals surface area contributed by atoms with E-state index in [-0.39, 0.29) is 23.6 Å². The summed E-state index contributed by atoms with van der Waals surface area (Å²) < 4.78 is 10.2. The monoisotopic (exact) mass is 471 g/mol. The van der Waals surface area contributed by atoms with Crippen LogP contribution in [0.5, 0.6) is 0 Å². The standard InChI is InChI=1S/C22H18ClN3O5S/c1-14-11-18(25-21(28)17-7-3-10-30-17)32-20(14)22(29)31-13-19(27)26(9-4-8-24)16-6-2-5-15(23)12-16/h2-3,5-7,10-12H,4,9,13H2,1H3,(H,25,28). The number of thiophene rings is 1. The molecule has 8 nitrogen and oxygen atoms in total. The van der Waals surface area contributed by atoms with Gasteiger partial charge in [0, 0.05) is 17.3 Å². The number of nitriles is 1. The summed E-state index contributed by atoms with van der Waals surface area (Å²) in [5.74, 6) is -1.48. The number of anilines is 2. The number of esters is 1. The molecule has 3 rings (SSSR count). The molecule has 3 aromatic rings. The molecule has 0 aliphatic rings. The molecule has 32 heavy (non-hydrogen) atoms. The lowest BCUT2D eigenvalue weighted by Gasteiger charge is -2.21. The molecule has 1 N–H and O–H groups in total. The van der Waals surface area contributed by atoms with Gasteiger partial charge >= 0.3 is 5.97 Å². The summed E-state index contributed by atoms with van der Waals surface area (Å²) in [7, 11) is 0. The Morgan fingerprint density at radius 2 is 2.06 bits per heavy atom. The second kappa shape index (κ2) is 10.6. The van der Waals surface area contributed by atoms with Crippen molar-refractivity contribution in [2.24, 2.45) is 0 Å². The van der Waals surface area contributed by atoms with Gasteiger partial charge in [-0.2, -0.15) is 5.26 Å². The summed E-state index contributed by atoms with van der Waals surface area (Å²) in [6, 6.07) is 13.4. The van der Waals surface area contributed by atoms with Crippen molar-refractivity contribution in [2.45, 2.75) is 13.3 Å². The molecule has 10 heteroatoms. The Labute approximate surface area is 193 Å². The Bertz CT molecular complexity index is 1170. The van der Waals surface area contributed by atoms with Crippen LogP contribution in [-0.4, -0.2) is 30.9 Å². The zero-order valence-corrected chi connectivity index (χ0v) is 18.5. The lowest BCUT2D eigenvalue weighted by atomic mass is 10.2. The van der Waals surface area contributed by atoms with E-state index in [1.165, 1.54) is 17.2 Å². The molecule has 0 unspecified atom stereocenters. The maximum absolute atomic E-state index is 12.7. The minimum atomic E-state index is -0.689. The van der Waals surface area contributed by atoms with Gasteiger partial charge in [-0.05, 0) is 48.9 Å². The van der Waals surface area contributed by atoms with Crippen molar-refractivity contribution in [1.82, 2.24) is 0 Å². The van der Waals surface area contributed by atoms with E-state index in [9.17, 15) is 14.4 Å². The first-order valence-electron chi connectivity index (χ1n) is 9.44. The van der Waals surface area contributed by atoms with Crippen LogP contribution in [0.1, 0.15) is 32.2 Å². The van der Waals surface area contributed by atoms with Crippen LogP contribution in [0.15, 0.2) is 53.1 Å². The summed E-state index contributed by atoms with van der Waals surface area (Å²) in [6.45, 7) is 1.32. The predicted molar refractivity (Wildman–Crippen MR) is 120 cm³/mol. The van der Waals surface area contributed by atoms with Gasteiger partial charge < -0.3 is 19.4 Å². The van der Waals surface area contributed by atoms with E-state index in [0.29, 0.717) is 21.3 Å². The average molecular weight is 472 g/mol. The number of amides is 2. The molecule has 164 valence electrons. The number of benzene rings is 1. The highest BCUT2D eigenvalue weighted by molar-refractivity contribution is 7.18. The fourth-order valence-corrected chi connectivity index (χ4v) is 3.95. The maximum Gasteiger partial charge on any atom is 0.349 e. The molecular formula is C22H18ClN3O5S. The maximum atomic E-state index is 12.7. The first-order valence-corrected chi connectivity index (χ1v) is 10.6. The highest BCUT2D eigenvalue weighted by Crippen LogP contribution is 2.28. The molecule has 2 heterocycles. The zero-order chi connectivity index (χ0) is 23.1. The molecule has 2 aromatic heterocycles. The normalized spacial score (nSPS) is 10.3. The molecule has 0 saturated carbocycles. The first-order chi connectivity index (χ1) is 15.4. The van der Waals surface area contributed by atoms with Crippen molar-refractivity contribution in [2.75, 3.05) is 23.4 Å². The number of rotatable bonds is 8. The number of hydrogen-bond acceptors (Lipinski definition) is 7. The van der Waals surface area contributed by atoms with Crippen molar-refractivity contribution in [1.29, 1.82) is 5.26 Å². The molecule has 0 aliphatic heterocycles. The number of hydrogen-bond donors (Lipinski definition) is 1. The number of carbonyl (C=O) groups is 3. The predicted octanol–water partition coefficient (Wildman–Crippen LogP) is 4.66. The van der Waals surface area contributed by atoms with Gasteiger partial charge in [-0.1, -0.05) is 17.7 Å². The van der Waals surface area contributed by atoms with Crippen molar-refractivity contribution >= 4 is 51.4 Å². The van der Waals surface area contributed by atoms with Gasteiger partial charge in [0.05, 0.1) is 23.8 Å². The van der Waals surface area contributed by atoms with Gasteiger partial charge in [-0.3, -0.25) is 9.59 Å². The number of nitrogens with one attached hydrogen (secondary N) is 1. The van der Waals surface area contributed by atoms with Crippen LogP contribution in [0.4, 0.5) is 10.7 Å². The van der Waals surface area contributed by atoms with Gasteiger partial charge in [0.25, 0.3) is 11.8 Å². The van der Waals surface area contributed by atoms with Crippen molar-refractivity contribution in [3.8, 4) is 6.07 Å². The summed E-state index contributed by atoms with van der Waals surface area (Å²) in [5.41, 5.74) is 1.10. The van der Waals surface area contributed by atoms with E-state index >= 15 is 0 Å². The quantitative estimate of drug-likeness (QED) is 0.478. The number of furan rings is 1. The molecule has 0 fully saturated rings. The van der Waals surface area contributed by atoms with Crippen LogP contribution in [0.3, 0.4) is 0 Å². The molecule has 0 saturated heterocycles. The first kappa shape index (κ1) is 23.1. The minimum absolute atomic E-state index is 0.106. The second-order valence-electron chi connectivity index (χ2n) is 6.56. The molecule has 2 amide bonds. The molecule has 0 spiro atoms. The third kappa shape index (κ3) is 5.75. The number of aryl methyl sites for hydroxylation is 1. The fourth-order valence-electron chi connectivity index (χ4n) is 2.80. The van der Waals surface area contributed by atoms with E-state index in [1.54, 1.807) is 43.3 Å².